The van der Waals surface area contributed by atoms with Gasteiger partial charge in [0.1, 0.15) is 17.5 Å². The van der Waals surface area contributed by atoms with Gasteiger partial charge >= 0.3 is 11.9 Å². The highest BCUT2D eigenvalue weighted by molar-refractivity contribution is 5.95. The van der Waals surface area contributed by atoms with Crippen LogP contribution in [0.15, 0.2) is 17.1 Å². The van der Waals surface area contributed by atoms with E-state index < -0.39 is 17.2 Å². The molecule has 2 aromatic rings. The van der Waals surface area contributed by atoms with E-state index in [9.17, 15) is 19.5 Å². The van der Waals surface area contributed by atoms with Crippen LogP contribution in [0.4, 0.5) is 10.1 Å². The Morgan fingerprint density at radius 2 is 1.93 bits per heavy atom. The molecule has 0 saturated carbocycles. The summed E-state index contributed by atoms with van der Waals surface area (Å²) >= 11 is 0. The Balaban J connectivity index is 1.83. The molecule has 0 amide bonds. The average molecular weight is 402 g/mol. The molecule has 2 aliphatic heterocycles. The maximum atomic E-state index is 15.2. The lowest BCUT2D eigenvalue weighted by Crippen LogP contribution is -2.39. The number of rotatable bonds is 3. The largest absolute Gasteiger partial charge is 0.477 e. The normalized spacial score (nSPS) is 19.4. The van der Waals surface area contributed by atoms with E-state index in [1.54, 1.807) is 4.57 Å². The topological polar surface area (TPSA) is 88.8 Å². The number of anilines is 1. The predicted octanol–water partition coefficient (Wildman–Crippen LogP) is 2.88. The second-order valence-corrected chi connectivity index (χ2v) is 7.85. The molecule has 1 saturated heterocycles. The van der Waals surface area contributed by atoms with E-state index in [0.717, 1.165) is 12.0 Å². The quantitative estimate of drug-likeness (QED) is 0.795. The first-order valence-electron chi connectivity index (χ1n) is 9.83. The summed E-state index contributed by atoms with van der Waals surface area (Å²) in [5.74, 6) is -2.14. The summed E-state index contributed by atoms with van der Waals surface area (Å²) < 4.78 is 22.3. The third-order valence-corrected chi connectivity index (χ3v) is 5.95. The summed E-state index contributed by atoms with van der Waals surface area (Å²) in [5, 5.41) is 9.50. The number of pyridine rings is 1. The smallest absolute Gasteiger partial charge is 0.341 e. The van der Waals surface area contributed by atoms with Crippen molar-refractivity contribution in [3.05, 3.63) is 39.4 Å². The number of nitrogens with zero attached hydrogens (tertiary/aromatic N) is 2. The Morgan fingerprint density at radius 3 is 2.55 bits per heavy atom. The third kappa shape index (κ3) is 3.26. The van der Waals surface area contributed by atoms with Gasteiger partial charge in [0.15, 0.2) is 0 Å². The molecule has 1 atom stereocenters. The van der Waals surface area contributed by atoms with Gasteiger partial charge in [-0.2, -0.15) is 0 Å². The zero-order chi connectivity index (χ0) is 20.9. The van der Waals surface area contributed by atoms with Crippen LogP contribution in [0.2, 0.25) is 0 Å². The van der Waals surface area contributed by atoms with Gasteiger partial charge in [0.2, 0.25) is 5.43 Å². The molecular formula is C21H23FN2O5. The molecule has 1 aromatic heterocycles. The van der Waals surface area contributed by atoms with Crippen LogP contribution < -0.4 is 10.3 Å². The maximum absolute atomic E-state index is 15.2. The molecule has 1 unspecified atom stereocenters. The Hall–Kier alpha value is -2.90. The molecule has 8 heteroatoms. The number of carboxylic acid groups (broad SMARTS) is 1. The van der Waals surface area contributed by atoms with Crippen LogP contribution in [-0.4, -0.2) is 40.8 Å². The van der Waals surface area contributed by atoms with Gasteiger partial charge in [-0.3, -0.25) is 9.59 Å². The highest BCUT2D eigenvalue weighted by Gasteiger charge is 2.30. The zero-order valence-corrected chi connectivity index (χ0v) is 16.4. The first kappa shape index (κ1) is 19.4. The Bertz CT molecular complexity index is 1070. The number of hydrogen-bond acceptors (Lipinski definition) is 5. The lowest BCUT2D eigenvalue weighted by Gasteiger charge is -2.36. The molecule has 154 valence electrons. The molecular weight excluding hydrogens is 379 g/mol. The number of aromatic carboxylic acids is 1. The van der Waals surface area contributed by atoms with Crippen molar-refractivity contribution in [2.45, 2.75) is 51.7 Å². The number of aryl methyl sites for hydroxylation is 1. The average Bonchev–Trinajstić information content (AvgIpc) is 2.66. The summed E-state index contributed by atoms with van der Waals surface area (Å²) in [6, 6.07) is 1.19. The lowest BCUT2D eigenvalue weighted by molar-refractivity contribution is -0.147. The van der Waals surface area contributed by atoms with E-state index in [1.807, 2.05) is 11.8 Å². The molecule has 4 rings (SSSR count). The van der Waals surface area contributed by atoms with Crippen LogP contribution in [0.1, 0.15) is 55.1 Å². The van der Waals surface area contributed by atoms with E-state index >= 15 is 4.39 Å². The van der Waals surface area contributed by atoms with E-state index in [4.69, 9.17) is 4.74 Å². The molecule has 0 radical (unpaired) electrons. The first-order chi connectivity index (χ1) is 13.8. The van der Waals surface area contributed by atoms with E-state index in [1.165, 1.54) is 19.2 Å². The van der Waals surface area contributed by atoms with Crippen LogP contribution in [0.3, 0.4) is 0 Å². The number of hydrogen-bond donors (Lipinski definition) is 1. The fourth-order valence-corrected chi connectivity index (χ4v) is 4.56. The van der Waals surface area contributed by atoms with Gasteiger partial charge in [-0.25, -0.2) is 9.18 Å². The Labute approximate surface area is 166 Å². The highest BCUT2D eigenvalue weighted by atomic mass is 19.1. The number of aromatic nitrogens is 1. The standard InChI is InChI=1S/C21H23FN2O5/c1-11-3-4-14-18-15(20(26)16(21(27)28)10-24(11)18)9-17(22)19(14)23-7-5-13(6-8-23)29-12(2)25/h9-11,13H,3-8H2,1-2H3,(H,27,28). The second-order valence-electron chi connectivity index (χ2n) is 7.85. The van der Waals surface area contributed by atoms with E-state index in [2.05, 4.69) is 0 Å². The summed E-state index contributed by atoms with van der Waals surface area (Å²) in [4.78, 5) is 37.3. The van der Waals surface area contributed by atoms with Gasteiger partial charge in [-0.1, -0.05) is 0 Å². The minimum Gasteiger partial charge on any atom is -0.477 e. The number of carbonyl (C=O) groups is 2. The molecule has 29 heavy (non-hydrogen) atoms. The van der Waals surface area contributed by atoms with Crippen molar-refractivity contribution in [1.29, 1.82) is 0 Å². The van der Waals surface area contributed by atoms with Gasteiger partial charge in [0.05, 0.1) is 11.2 Å². The molecule has 1 aromatic carbocycles. The van der Waals surface area contributed by atoms with Crippen LogP contribution in [0.25, 0.3) is 10.9 Å². The predicted molar refractivity (Wildman–Crippen MR) is 105 cm³/mol. The molecule has 3 heterocycles. The van der Waals surface area contributed by atoms with Crippen molar-refractivity contribution < 1.29 is 23.8 Å². The van der Waals surface area contributed by atoms with Crippen molar-refractivity contribution >= 4 is 28.5 Å². The van der Waals surface area contributed by atoms with Crippen molar-refractivity contribution in [2.75, 3.05) is 18.0 Å². The minimum absolute atomic E-state index is 0.0108. The van der Waals surface area contributed by atoms with Crippen molar-refractivity contribution in [1.82, 2.24) is 4.57 Å². The summed E-state index contributed by atoms with van der Waals surface area (Å²) in [7, 11) is 0. The number of carboxylic acids is 1. The monoisotopic (exact) mass is 402 g/mol. The number of benzene rings is 1. The summed E-state index contributed by atoms with van der Waals surface area (Å²) in [5.41, 5.74) is 0.849. The lowest BCUT2D eigenvalue weighted by atomic mass is 9.93. The summed E-state index contributed by atoms with van der Waals surface area (Å²) in [6.45, 7) is 4.43. The Kier molecular flexibility index (Phi) is 4.80. The number of piperidine rings is 1. The van der Waals surface area contributed by atoms with Gasteiger partial charge in [0, 0.05) is 56.0 Å². The molecule has 0 spiro atoms. The molecule has 1 fully saturated rings. The fraction of sp³-hybridized carbons (Fsp3) is 0.476. The SMILES string of the molecule is CC(=O)OC1CCN(c2c(F)cc3c(=O)c(C(=O)O)cn4c3c2CCC4C)CC1. The molecule has 2 aliphatic rings. The molecule has 7 nitrogen and oxygen atoms in total. The van der Waals surface area contributed by atoms with Crippen molar-refractivity contribution in [3.63, 3.8) is 0 Å². The minimum atomic E-state index is -1.31. The third-order valence-electron chi connectivity index (χ3n) is 5.95. The number of ether oxygens (including phenoxy) is 1. The molecule has 1 N–H and O–H groups in total. The molecule has 0 bridgehead atoms. The van der Waals surface area contributed by atoms with Crippen LogP contribution in [0, 0.1) is 5.82 Å². The van der Waals surface area contributed by atoms with Crippen LogP contribution in [0.5, 0.6) is 0 Å². The highest BCUT2D eigenvalue weighted by Crippen LogP contribution is 2.39. The summed E-state index contributed by atoms with van der Waals surface area (Å²) in [6.07, 6.45) is 3.77. The second kappa shape index (κ2) is 7.17. The van der Waals surface area contributed by atoms with Gasteiger partial charge < -0.3 is 19.3 Å². The van der Waals surface area contributed by atoms with Crippen LogP contribution >= 0.6 is 0 Å². The number of esters is 1. The van der Waals surface area contributed by atoms with Crippen molar-refractivity contribution in [2.24, 2.45) is 0 Å². The maximum Gasteiger partial charge on any atom is 0.341 e. The Morgan fingerprint density at radius 1 is 1.24 bits per heavy atom. The number of carbonyl (C=O) groups excluding carboxylic acids is 1. The van der Waals surface area contributed by atoms with Gasteiger partial charge in [-0.05, 0) is 25.8 Å². The van der Waals surface area contributed by atoms with Gasteiger partial charge in [0.25, 0.3) is 0 Å². The van der Waals surface area contributed by atoms with Crippen LogP contribution in [-0.2, 0) is 16.0 Å². The molecule has 0 aliphatic carbocycles. The van der Waals surface area contributed by atoms with E-state index in [-0.39, 0.29) is 29.1 Å². The fourth-order valence-electron chi connectivity index (χ4n) is 4.56. The van der Waals surface area contributed by atoms with Crippen molar-refractivity contribution in [3.8, 4) is 0 Å². The van der Waals surface area contributed by atoms with Gasteiger partial charge in [-0.15, -0.1) is 0 Å². The van der Waals surface area contributed by atoms with E-state index in [0.29, 0.717) is 43.6 Å². The zero-order valence-electron chi connectivity index (χ0n) is 16.4. The first-order valence-corrected chi connectivity index (χ1v) is 9.83. The number of halogens is 1.